The van der Waals surface area contributed by atoms with Crippen molar-refractivity contribution in [3.05, 3.63) is 29.8 Å². The van der Waals surface area contributed by atoms with E-state index in [1.54, 1.807) is 12.0 Å². The average molecular weight is 305 g/mol. The van der Waals surface area contributed by atoms with E-state index in [4.69, 9.17) is 9.47 Å². The second kappa shape index (κ2) is 6.67. The summed E-state index contributed by atoms with van der Waals surface area (Å²) >= 11 is 0. The topological polar surface area (TPSA) is 59.0 Å². The maximum atomic E-state index is 12.4. The highest BCUT2D eigenvalue weighted by atomic mass is 16.5. The minimum Gasteiger partial charge on any atom is -0.497 e. The number of hydrogen-bond donors (Lipinski definition) is 1. The molecule has 5 nitrogen and oxygen atoms in total. The third kappa shape index (κ3) is 3.59. The molecule has 0 radical (unpaired) electrons. The second-order valence-electron chi connectivity index (χ2n) is 6.19. The van der Waals surface area contributed by atoms with E-state index in [1.807, 2.05) is 24.3 Å². The first-order chi connectivity index (χ1) is 10.7. The molecule has 2 atom stereocenters. The van der Waals surface area contributed by atoms with Crippen LogP contribution in [0.4, 0.5) is 0 Å². The number of aliphatic hydroxyl groups excluding tert-OH is 1. The van der Waals surface area contributed by atoms with Crippen molar-refractivity contribution in [2.45, 2.75) is 31.4 Å². The minimum atomic E-state index is -0.483. The molecule has 120 valence electrons. The number of hydrogen-bond acceptors (Lipinski definition) is 4. The molecule has 2 aliphatic rings. The zero-order valence-electron chi connectivity index (χ0n) is 12.9. The maximum Gasteiger partial charge on any atom is 0.249 e. The largest absolute Gasteiger partial charge is 0.497 e. The summed E-state index contributed by atoms with van der Waals surface area (Å²) in [6, 6.07) is 7.57. The molecular weight excluding hydrogens is 282 g/mol. The molecule has 1 N–H and O–H groups in total. The number of carbonyl (C=O) groups excluding carboxylic acids is 1. The third-order valence-electron chi connectivity index (χ3n) is 4.35. The maximum absolute atomic E-state index is 12.4. The SMILES string of the molecule is COc1cccc([C@@H]2C[C@@H](O)CN2C(=O)COCC2CC2)c1. The molecular formula is C17H23NO4. The molecule has 2 fully saturated rings. The standard InChI is InChI=1S/C17H23NO4/c1-21-15-4-2-3-13(7-15)16-8-14(19)9-18(16)17(20)11-22-10-12-5-6-12/h2-4,7,12,14,16,19H,5-6,8-11H2,1H3/t14-,16+/m1/s1. The fraction of sp³-hybridized carbons (Fsp3) is 0.588. The lowest BCUT2D eigenvalue weighted by Crippen LogP contribution is -2.34. The summed E-state index contributed by atoms with van der Waals surface area (Å²) in [6.07, 6.45) is 2.50. The molecule has 1 aromatic carbocycles. The van der Waals surface area contributed by atoms with Gasteiger partial charge in [0.1, 0.15) is 12.4 Å². The van der Waals surface area contributed by atoms with E-state index in [9.17, 15) is 9.90 Å². The second-order valence-corrected chi connectivity index (χ2v) is 6.19. The van der Waals surface area contributed by atoms with Crippen LogP contribution >= 0.6 is 0 Å². The Balaban J connectivity index is 1.66. The van der Waals surface area contributed by atoms with Crippen LogP contribution < -0.4 is 4.74 Å². The number of carbonyl (C=O) groups is 1. The van der Waals surface area contributed by atoms with Gasteiger partial charge in [0.05, 0.1) is 25.9 Å². The fourth-order valence-electron chi connectivity index (χ4n) is 2.93. The van der Waals surface area contributed by atoms with E-state index in [1.165, 1.54) is 12.8 Å². The Kier molecular flexibility index (Phi) is 4.64. The van der Waals surface area contributed by atoms with E-state index in [0.717, 1.165) is 11.3 Å². The molecule has 1 saturated carbocycles. The number of likely N-dealkylation sites (tertiary alicyclic amines) is 1. The Labute approximate surface area is 130 Å². The first kappa shape index (κ1) is 15.3. The quantitative estimate of drug-likeness (QED) is 0.870. The average Bonchev–Trinajstić information content (AvgIpc) is 3.27. The van der Waals surface area contributed by atoms with Crippen molar-refractivity contribution in [1.82, 2.24) is 4.90 Å². The van der Waals surface area contributed by atoms with E-state index < -0.39 is 6.10 Å². The van der Waals surface area contributed by atoms with Crippen LogP contribution in [0.1, 0.15) is 30.9 Å². The van der Waals surface area contributed by atoms with Gasteiger partial charge in [0.25, 0.3) is 0 Å². The smallest absolute Gasteiger partial charge is 0.249 e. The highest BCUT2D eigenvalue weighted by Crippen LogP contribution is 2.34. The van der Waals surface area contributed by atoms with Crippen molar-refractivity contribution < 1.29 is 19.4 Å². The van der Waals surface area contributed by atoms with Gasteiger partial charge in [-0.2, -0.15) is 0 Å². The molecule has 3 rings (SSSR count). The summed E-state index contributed by atoms with van der Waals surface area (Å²) in [6.45, 7) is 1.14. The van der Waals surface area contributed by atoms with Crippen molar-refractivity contribution in [1.29, 1.82) is 0 Å². The van der Waals surface area contributed by atoms with Gasteiger partial charge in [0, 0.05) is 6.54 Å². The Morgan fingerprint density at radius 3 is 2.95 bits per heavy atom. The van der Waals surface area contributed by atoms with Gasteiger partial charge in [-0.05, 0) is 42.9 Å². The summed E-state index contributed by atoms with van der Waals surface area (Å²) in [5.41, 5.74) is 0.992. The van der Waals surface area contributed by atoms with Crippen LogP contribution in [0.2, 0.25) is 0 Å². The lowest BCUT2D eigenvalue weighted by Gasteiger charge is -2.25. The molecule has 0 unspecified atom stereocenters. The molecule has 1 aliphatic carbocycles. The summed E-state index contributed by atoms with van der Waals surface area (Å²) in [5.74, 6) is 1.35. The Bertz CT molecular complexity index is 529. The zero-order chi connectivity index (χ0) is 15.5. The van der Waals surface area contributed by atoms with Gasteiger partial charge < -0.3 is 19.5 Å². The molecule has 0 bridgehead atoms. The van der Waals surface area contributed by atoms with Crippen LogP contribution in [0.15, 0.2) is 24.3 Å². The highest BCUT2D eigenvalue weighted by molar-refractivity contribution is 5.78. The predicted octanol–water partition coefficient (Wildman–Crippen LogP) is 1.76. The van der Waals surface area contributed by atoms with Gasteiger partial charge >= 0.3 is 0 Å². The monoisotopic (exact) mass is 305 g/mol. The number of benzene rings is 1. The van der Waals surface area contributed by atoms with Gasteiger partial charge in [-0.15, -0.1) is 0 Å². The normalized spacial score (nSPS) is 24.5. The number of rotatable bonds is 6. The van der Waals surface area contributed by atoms with Crippen molar-refractivity contribution in [3.8, 4) is 5.75 Å². The van der Waals surface area contributed by atoms with E-state index >= 15 is 0 Å². The van der Waals surface area contributed by atoms with Gasteiger partial charge in [-0.3, -0.25) is 4.79 Å². The van der Waals surface area contributed by atoms with Crippen molar-refractivity contribution in [2.75, 3.05) is 26.9 Å². The molecule has 22 heavy (non-hydrogen) atoms. The third-order valence-corrected chi connectivity index (χ3v) is 4.35. The lowest BCUT2D eigenvalue weighted by molar-refractivity contribution is -0.137. The van der Waals surface area contributed by atoms with Gasteiger partial charge in [0.15, 0.2) is 0 Å². The van der Waals surface area contributed by atoms with Gasteiger partial charge in [-0.1, -0.05) is 12.1 Å². The molecule has 1 aliphatic heterocycles. The van der Waals surface area contributed by atoms with Crippen LogP contribution in [0.3, 0.4) is 0 Å². The Morgan fingerprint density at radius 1 is 1.41 bits per heavy atom. The van der Waals surface area contributed by atoms with Crippen LogP contribution in [0.25, 0.3) is 0 Å². The van der Waals surface area contributed by atoms with Gasteiger partial charge in [-0.25, -0.2) is 0 Å². The number of aliphatic hydroxyl groups is 1. The number of β-amino-alcohol motifs (C(OH)–C–C–N with tert-alkyl or cyclic N) is 1. The van der Waals surface area contributed by atoms with E-state index in [2.05, 4.69) is 0 Å². The molecule has 5 heteroatoms. The van der Waals surface area contributed by atoms with Crippen LogP contribution in [0.5, 0.6) is 5.75 Å². The summed E-state index contributed by atoms with van der Waals surface area (Å²) in [5, 5.41) is 9.96. The van der Waals surface area contributed by atoms with Crippen molar-refractivity contribution in [3.63, 3.8) is 0 Å². The first-order valence-corrected chi connectivity index (χ1v) is 7.86. The van der Waals surface area contributed by atoms with Gasteiger partial charge in [0.2, 0.25) is 5.91 Å². The summed E-state index contributed by atoms with van der Waals surface area (Å²) < 4.78 is 10.7. The molecule has 0 spiro atoms. The molecule has 0 aromatic heterocycles. The van der Waals surface area contributed by atoms with E-state index in [0.29, 0.717) is 25.5 Å². The fourth-order valence-corrected chi connectivity index (χ4v) is 2.93. The summed E-state index contributed by atoms with van der Waals surface area (Å²) in [7, 11) is 1.62. The molecule has 1 aromatic rings. The number of amides is 1. The number of methoxy groups -OCH3 is 1. The van der Waals surface area contributed by atoms with Crippen LogP contribution in [0, 0.1) is 5.92 Å². The molecule has 1 saturated heterocycles. The Morgan fingerprint density at radius 2 is 2.23 bits per heavy atom. The number of ether oxygens (including phenoxy) is 2. The summed E-state index contributed by atoms with van der Waals surface area (Å²) in [4.78, 5) is 14.1. The van der Waals surface area contributed by atoms with Crippen LogP contribution in [-0.4, -0.2) is 48.9 Å². The lowest BCUT2D eigenvalue weighted by atomic mass is 10.0. The number of nitrogens with zero attached hydrogens (tertiary/aromatic N) is 1. The highest BCUT2D eigenvalue weighted by Gasteiger charge is 2.35. The van der Waals surface area contributed by atoms with Crippen LogP contribution in [-0.2, 0) is 9.53 Å². The molecule has 1 amide bonds. The Hall–Kier alpha value is -1.59. The minimum absolute atomic E-state index is 0.0509. The first-order valence-electron chi connectivity index (χ1n) is 7.86. The van der Waals surface area contributed by atoms with Crippen molar-refractivity contribution >= 4 is 5.91 Å². The zero-order valence-corrected chi connectivity index (χ0v) is 12.9. The van der Waals surface area contributed by atoms with Crippen molar-refractivity contribution in [2.24, 2.45) is 5.92 Å². The van der Waals surface area contributed by atoms with E-state index in [-0.39, 0.29) is 18.6 Å². The predicted molar refractivity (Wildman–Crippen MR) is 81.6 cm³/mol. The molecule has 1 heterocycles.